The molecule has 1 nitrogen and oxygen atoms in total. The van der Waals surface area contributed by atoms with Crippen molar-refractivity contribution in [2.45, 2.75) is 44.9 Å². The van der Waals surface area contributed by atoms with Gasteiger partial charge in [-0.1, -0.05) is 50.7 Å². The summed E-state index contributed by atoms with van der Waals surface area (Å²) in [5, 5.41) is 0. The minimum atomic E-state index is 0.633. The highest BCUT2D eigenvalue weighted by atomic mass is 35.5. The van der Waals surface area contributed by atoms with E-state index in [9.17, 15) is 0 Å². The molecule has 2 rings (SSSR count). The molecule has 1 fully saturated rings. The maximum Gasteiger partial charge on any atom is 0.118 e. The van der Waals surface area contributed by atoms with E-state index in [-0.39, 0.29) is 0 Å². The second kappa shape index (κ2) is 7.79. The fourth-order valence-corrected chi connectivity index (χ4v) is 3.56. The number of rotatable bonds is 5. The highest BCUT2D eigenvalue weighted by Gasteiger charge is 2.22. The molecule has 2 heteroatoms. The van der Waals surface area contributed by atoms with Crippen LogP contribution in [0.2, 0.25) is 0 Å². The second-order valence-corrected chi connectivity index (χ2v) is 6.03. The van der Waals surface area contributed by atoms with Gasteiger partial charge in [-0.05, 0) is 36.0 Å². The first-order chi connectivity index (χ1) is 9.33. The van der Waals surface area contributed by atoms with Crippen LogP contribution < -0.4 is 4.74 Å². The molecule has 0 radical (unpaired) electrons. The lowest BCUT2D eigenvalue weighted by atomic mass is 9.83. The summed E-state index contributed by atoms with van der Waals surface area (Å²) < 4.78 is 5.21. The SMILES string of the molecule is COc1ccc(CC(CCl)C2CCCCCC2)cc1. The van der Waals surface area contributed by atoms with E-state index in [0.717, 1.165) is 24.0 Å². The van der Waals surface area contributed by atoms with Crippen molar-refractivity contribution in [2.75, 3.05) is 13.0 Å². The molecule has 0 aliphatic heterocycles. The van der Waals surface area contributed by atoms with Crippen LogP contribution in [0.5, 0.6) is 5.75 Å². The Morgan fingerprint density at radius 3 is 2.26 bits per heavy atom. The van der Waals surface area contributed by atoms with E-state index in [4.69, 9.17) is 16.3 Å². The largest absolute Gasteiger partial charge is 0.497 e. The summed E-state index contributed by atoms with van der Waals surface area (Å²) >= 11 is 6.24. The van der Waals surface area contributed by atoms with Crippen LogP contribution >= 0.6 is 11.6 Å². The first kappa shape index (κ1) is 14.7. The number of alkyl halides is 1. The van der Waals surface area contributed by atoms with Crippen LogP contribution in [0.25, 0.3) is 0 Å². The predicted molar refractivity (Wildman–Crippen MR) is 82.1 cm³/mol. The van der Waals surface area contributed by atoms with Gasteiger partial charge in [-0.15, -0.1) is 11.6 Å². The van der Waals surface area contributed by atoms with Gasteiger partial charge < -0.3 is 4.74 Å². The number of ether oxygens (including phenoxy) is 1. The van der Waals surface area contributed by atoms with Crippen LogP contribution in [0.3, 0.4) is 0 Å². The molecule has 1 aromatic carbocycles. The standard InChI is InChI=1S/C17H25ClO/c1-19-17-10-8-14(9-11-17)12-16(13-18)15-6-4-2-3-5-7-15/h8-11,15-16H,2-7,12-13H2,1H3. The summed E-state index contributed by atoms with van der Waals surface area (Å²) in [4.78, 5) is 0. The van der Waals surface area contributed by atoms with Crippen molar-refractivity contribution in [3.05, 3.63) is 29.8 Å². The van der Waals surface area contributed by atoms with Gasteiger partial charge in [0.1, 0.15) is 5.75 Å². The van der Waals surface area contributed by atoms with Gasteiger partial charge in [-0.2, -0.15) is 0 Å². The number of methoxy groups -OCH3 is 1. The molecule has 0 amide bonds. The predicted octanol–water partition coefficient (Wildman–Crippen LogP) is 5.06. The molecular formula is C17H25ClO. The molecule has 1 aromatic rings. The quantitative estimate of drug-likeness (QED) is 0.541. The van der Waals surface area contributed by atoms with Gasteiger partial charge in [0.15, 0.2) is 0 Å². The van der Waals surface area contributed by atoms with E-state index in [1.807, 2.05) is 12.1 Å². The third-order valence-corrected chi connectivity index (χ3v) is 4.82. The number of benzene rings is 1. The molecule has 0 saturated heterocycles. The molecule has 0 heterocycles. The fraction of sp³-hybridized carbons (Fsp3) is 0.647. The van der Waals surface area contributed by atoms with Crippen LogP contribution in [-0.2, 0) is 6.42 Å². The van der Waals surface area contributed by atoms with Crippen molar-refractivity contribution >= 4 is 11.6 Å². The number of hydrogen-bond donors (Lipinski definition) is 0. The van der Waals surface area contributed by atoms with E-state index in [1.165, 1.54) is 44.1 Å². The van der Waals surface area contributed by atoms with Crippen LogP contribution in [0, 0.1) is 11.8 Å². The Morgan fingerprint density at radius 1 is 1.11 bits per heavy atom. The van der Waals surface area contributed by atoms with Gasteiger partial charge in [-0.25, -0.2) is 0 Å². The lowest BCUT2D eigenvalue weighted by Gasteiger charge is -2.24. The molecule has 0 aromatic heterocycles. The third-order valence-electron chi connectivity index (χ3n) is 4.42. The van der Waals surface area contributed by atoms with Gasteiger partial charge in [0.05, 0.1) is 7.11 Å². The average molecular weight is 281 g/mol. The van der Waals surface area contributed by atoms with Crippen molar-refractivity contribution < 1.29 is 4.74 Å². The maximum atomic E-state index is 6.24. The van der Waals surface area contributed by atoms with Gasteiger partial charge in [-0.3, -0.25) is 0 Å². The third kappa shape index (κ3) is 4.42. The minimum absolute atomic E-state index is 0.633. The number of hydrogen-bond acceptors (Lipinski definition) is 1. The zero-order chi connectivity index (χ0) is 13.5. The highest BCUT2D eigenvalue weighted by molar-refractivity contribution is 6.18. The lowest BCUT2D eigenvalue weighted by molar-refractivity contribution is 0.321. The Bertz CT molecular complexity index is 352. The molecule has 106 valence electrons. The topological polar surface area (TPSA) is 9.23 Å². The molecular weight excluding hydrogens is 256 g/mol. The monoisotopic (exact) mass is 280 g/mol. The second-order valence-electron chi connectivity index (χ2n) is 5.72. The van der Waals surface area contributed by atoms with E-state index >= 15 is 0 Å². The van der Waals surface area contributed by atoms with Crippen molar-refractivity contribution in [1.29, 1.82) is 0 Å². The Hall–Kier alpha value is -0.690. The molecule has 1 unspecified atom stereocenters. The van der Waals surface area contributed by atoms with Crippen molar-refractivity contribution in [3.63, 3.8) is 0 Å². The molecule has 1 saturated carbocycles. The minimum Gasteiger partial charge on any atom is -0.497 e. The zero-order valence-corrected chi connectivity index (χ0v) is 12.7. The van der Waals surface area contributed by atoms with E-state index in [1.54, 1.807) is 7.11 Å². The van der Waals surface area contributed by atoms with Crippen LogP contribution in [0.4, 0.5) is 0 Å². The fourth-order valence-electron chi connectivity index (χ4n) is 3.19. The van der Waals surface area contributed by atoms with Gasteiger partial charge in [0, 0.05) is 5.88 Å². The normalized spacial score (nSPS) is 18.8. The summed E-state index contributed by atoms with van der Waals surface area (Å²) in [6.07, 6.45) is 9.45. The summed E-state index contributed by atoms with van der Waals surface area (Å²) in [7, 11) is 1.71. The van der Waals surface area contributed by atoms with E-state index in [0.29, 0.717) is 5.92 Å². The first-order valence-corrected chi connectivity index (χ1v) is 8.06. The molecule has 1 atom stereocenters. The van der Waals surface area contributed by atoms with Gasteiger partial charge in [0.2, 0.25) is 0 Å². The van der Waals surface area contributed by atoms with Crippen molar-refractivity contribution in [3.8, 4) is 5.75 Å². The van der Waals surface area contributed by atoms with Crippen molar-refractivity contribution in [2.24, 2.45) is 11.8 Å². The summed E-state index contributed by atoms with van der Waals surface area (Å²) in [6, 6.07) is 8.45. The Morgan fingerprint density at radius 2 is 1.74 bits per heavy atom. The first-order valence-electron chi connectivity index (χ1n) is 7.52. The van der Waals surface area contributed by atoms with Crippen LogP contribution in [0.1, 0.15) is 44.1 Å². The molecule has 0 bridgehead atoms. The molecule has 1 aliphatic carbocycles. The zero-order valence-electron chi connectivity index (χ0n) is 11.9. The van der Waals surface area contributed by atoms with Crippen LogP contribution in [-0.4, -0.2) is 13.0 Å². The average Bonchev–Trinajstić information content (AvgIpc) is 2.74. The molecule has 0 spiro atoms. The molecule has 19 heavy (non-hydrogen) atoms. The van der Waals surface area contributed by atoms with E-state index in [2.05, 4.69) is 12.1 Å². The van der Waals surface area contributed by atoms with Crippen LogP contribution in [0.15, 0.2) is 24.3 Å². The summed E-state index contributed by atoms with van der Waals surface area (Å²) in [5.41, 5.74) is 1.38. The van der Waals surface area contributed by atoms with E-state index < -0.39 is 0 Å². The molecule has 0 N–H and O–H groups in total. The highest BCUT2D eigenvalue weighted by Crippen LogP contribution is 2.32. The Kier molecular flexibility index (Phi) is 6.03. The maximum absolute atomic E-state index is 6.24. The number of halogens is 1. The van der Waals surface area contributed by atoms with Crippen molar-refractivity contribution in [1.82, 2.24) is 0 Å². The summed E-state index contributed by atoms with van der Waals surface area (Å²) in [6.45, 7) is 0. The van der Waals surface area contributed by atoms with Gasteiger partial charge >= 0.3 is 0 Å². The van der Waals surface area contributed by atoms with Gasteiger partial charge in [0.25, 0.3) is 0 Å². The Labute approximate surface area is 122 Å². The lowest BCUT2D eigenvalue weighted by Crippen LogP contribution is -2.18. The summed E-state index contributed by atoms with van der Waals surface area (Å²) in [5.74, 6) is 3.17. The Balaban J connectivity index is 1.96. The smallest absolute Gasteiger partial charge is 0.118 e. The molecule has 1 aliphatic rings.